The van der Waals surface area contributed by atoms with Crippen molar-refractivity contribution in [3.63, 3.8) is 0 Å². The van der Waals surface area contributed by atoms with Gasteiger partial charge in [-0.2, -0.15) is 0 Å². The molecule has 1 aliphatic heterocycles. The molecule has 0 aliphatic carbocycles. The molecule has 0 unspecified atom stereocenters. The lowest BCUT2D eigenvalue weighted by Crippen LogP contribution is -2.47. The molecule has 3 nitrogen and oxygen atoms in total. The van der Waals surface area contributed by atoms with Gasteiger partial charge in [-0.05, 0) is 12.0 Å². The monoisotopic (exact) mass is 187 g/mol. The molecular formula is C10H21NO2. The zero-order valence-electron chi connectivity index (χ0n) is 9.09. The van der Waals surface area contributed by atoms with Crippen LogP contribution in [0.15, 0.2) is 0 Å². The highest BCUT2D eigenvalue weighted by Crippen LogP contribution is 2.43. The number of rotatable bonds is 3. The third-order valence-electron chi connectivity index (χ3n) is 3.47. The Morgan fingerprint density at radius 3 is 2.00 bits per heavy atom. The maximum absolute atomic E-state index is 5.75. The van der Waals surface area contributed by atoms with Crippen LogP contribution in [0.1, 0.15) is 27.7 Å². The van der Waals surface area contributed by atoms with Crippen molar-refractivity contribution in [2.24, 2.45) is 16.6 Å². The van der Waals surface area contributed by atoms with Crippen LogP contribution in [0, 0.1) is 10.8 Å². The van der Waals surface area contributed by atoms with Crippen LogP contribution < -0.4 is 5.73 Å². The zero-order chi connectivity index (χ0) is 10.1. The van der Waals surface area contributed by atoms with E-state index in [-0.39, 0.29) is 17.1 Å². The molecule has 0 aromatic carbocycles. The van der Waals surface area contributed by atoms with Gasteiger partial charge in [-0.3, -0.25) is 0 Å². The third kappa shape index (κ3) is 1.87. The summed E-state index contributed by atoms with van der Waals surface area (Å²) in [4.78, 5) is 0. The predicted octanol–water partition coefficient (Wildman–Crippen LogP) is 1.37. The topological polar surface area (TPSA) is 44.5 Å². The summed E-state index contributed by atoms with van der Waals surface area (Å²) in [6.07, 6.45) is -0.106. The maximum atomic E-state index is 5.75. The van der Waals surface area contributed by atoms with Crippen LogP contribution in [-0.2, 0) is 9.47 Å². The molecule has 2 N–H and O–H groups in total. The van der Waals surface area contributed by atoms with Crippen LogP contribution in [0.4, 0.5) is 0 Å². The van der Waals surface area contributed by atoms with E-state index in [0.717, 1.165) is 0 Å². The standard InChI is InChI=1S/C10H21NO2/c1-9(2,7-11)10(3,4)8-12-5-6-13-8/h8H,5-7,11H2,1-4H3. The Morgan fingerprint density at radius 1 is 1.15 bits per heavy atom. The van der Waals surface area contributed by atoms with E-state index in [1.54, 1.807) is 0 Å². The molecule has 0 amide bonds. The van der Waals surface area contributed by atoms with Gasteiger partial charge in [-0.1, -0.05) is 27.7 Å². The normalized spacial score (nSPS) is 21.0. The van der Waals surface area contributed by atoms with E-state index in [1.807, 2.05) is 0 Å². The molecular weight excluding hydrogens is 166 g/mol. The summed E-state index contributed by atoms with van der Waals surface area (Å²) in [7, 11) is 0. The van der Waals surface area contributed by atoms with E-state index in [9.17, 15) is 0 Å². The number of nitrogens with two attached hydrogens (primary N) is 1. The number of ether oxygens (including phenoxy) is 2. The quantitative estimate of drug-likeness (QED) is 0.725. The van der Waals surface area contributed by atoms with Gasteiger partial charge < -0.3 is 15.2 Å². The molecule has 1 rings (SSSR count). The third-order valence-corrected chi connectivity index (χ3v) is 3.47. The summed E-state index contributed by atoms with van der Waals surface area (Å²) in [5.41, 5.74) is 5.74. The van der Waals surface area contributed by atoms with Crippen molar-refractivity contribution in [1.82, 2.24) is 0 Å². The predicted molar refractivity (Wildman–Crippen MR) is 52.3 cm³/mol. The minimum atomic E-state index is -0.106. The molecule has 78 valence electrons. The fraction of sp³-hybridized carbons (Fsp3) is 1.00. The van der Waals surface area contributed by atoms with Crippen LogP contribution in [0.25, 0.3) is 0 Å². The van der Waals surface area contributed by atoms with Gasteiger partial charge in [0.2, 0.25) is 0 Å². The van der Waals surface area contributed by atoms with E-state index in [1.165, 1.54) is 0 Å². The Morgan fingerprint density at radius 2 is 1.62 bits per heavy atom. The van der Waals surface area contributed by atoms with Crippen molar-refractivity contribution in [1.29, 1.82) is 0 Å². The van der Waals surface area contributed by atoms with Gasteiger partial charge in [0.1, 0.15) is 0 Å². The summed E-state index contributed by atoms with van der Waals surface area (Å²) in [5.74, 6) is 0. The van der Waals surface area contributed by atoms with Crippen molar-refractivity contribution in [3.05, 3.63) is 0 Å². The van der Waals surface area contributed by atoms with Crippen molar-refractivity contribution in [2.75, 3.05) is 19.8 Å². The first-order valence-electron chi connectivity index (χ1n) is 4.85. The Bertz CT molecular complexity index is 172. The lowest BCUT2D eigenvalue weighted by atomic mass is 9.67. The van der Waals surface area contributed by atoms with Crippen molar-refractivity contribution in [2.45, 2.75) is 34.0 Å². The van der Waals surface area contributed by atoms with Gasteiger partial charge >= 0.3 is 0 Å². The van der Waals surface area contributed by atoms with Gasteiger partial charge in [0.15, 0.2) is 6.29 Å². The summed E-state index contributed by atoms with van der Waals surface area (Å²) in [6, 6.07) is 0. The Hall–Kier alpha value is -0.120. The largest absolute Gasteiger partial charge is 0.350 e. The van der Waals surface area contributed by atoms with Crippen LogP contribution in [0.5, 0.6) is 0 Å². The van der Waals surface area contributed by atoms with E-state index in [0.29, 0.717) is 19.8 Å². The second-order valence-corrected chi connectivity index (χ2v) is 4.88. The molecule has 0 spiro atoms. The Kier molecular flexibility index (Phi) is 3.00. The molecule has 1 aliphatic rings. The lowest BCUT2D eigenvalue weighted by molar-refractivity contribution is -0.159. The molecule has 0 saturated carbocycles. The molecule has 13 heavy (non-hydrogen) atoms. The minimum absolute atomic E-state index is 0.0298. The first kappa shape index (κ1) is 11.0. The highest BCUT2D eigenvalue weighted by molar-refractivity contribution is 4.90. The highest BCUT2D eigenvalue weighted by atomic mass is 16.7. The van der Waals surface area contributed by atoms with Gasteiger partial charge in [-0.15, -0.1) is 0 Å². The Balaban J connectivity index is 2.73. The van der Waals surface area contributed by atoms with Crippen molar-refractivity contribution in [3.8, 4) is 0 Å². The average Bonchev–Trinajstić information content (AvgIpc) is 2.56. The summed E-state index contributed by atoms with van der Waals surface area (Å²) in [5, 5.41) is 0. The van der Waals surface area contributed by atoms with E-state index in [4.69, 9.17) is 15.2 Å². The van der Waals surface area contributed by atoms with Crippen LogP contribution in [0.2, 0.25) is 0 Å². The van der Waals surface area contributed by atoms with Crippen LogP contribution >= 0.6 is 0 Å². The number of hydrogen-bond donors (Lipinski definition) is 1. The molecule has 0 aromatic rings. The zero-order valence-corrected chi connectivity index (χ0v) is 9.09. The van der Waals surface area contributed by atoms with Crippen LogP contribution in [-0.4, -0.2) is 26.0 Å². The molecule has 1 heterocycles. The van der Waals surface area contributed by atoms with Gasteiger partial charge in [0.25, 0.3) is 0 Å². The van der Waals surface area contributed by atoms with Gasteiger partial charge in [0.05, 0.1) is 13.2 Å². The van der Waals surface area contributed by atoms with Crippen LogP contribution in [0.3, 0.4) is 0 Å². The molecule has 0 atom stereocenters. The fourth-order valence-electron chi connectivity index (χ4n) is 1.36. The maximum Gasteiger partial charge on any atom is 0.163 e. The van der Waals surface area contributed by atoms with E-state index >= 15 is 0 Å². The SMILES string of the molecule is CC(C)(CN)C(C)(C)C1OCCO1. The first-order chi connectivity index (χ1) is 5.92. The fourth-order valence-corrected chi connectivity index (χ4v) is 1.36. The molecule has 1 fully saturated rings. The van der Waals surface area contributed by atoms with Gasteiger partial charge in [0, 0.05) is 5.41 Å². The Labute approximate surface area is 80.6 Å². The van der Waals surface area contributed by atoms with Gasteiger partial charge in [-0.25, -0.2) is 0 Å². The molecule has 3 heteroatoms. The molecule has 0 radical (unpaired) electrons. The van der Waals surface area contributed by atoms with Crippen molar-refractivity contribution >= 4 is 0 Å². The second-order valence-electron chi connectivity index (χ2n) is 4.88. The summed E-state index contributed by atoms with van der Waals surface area (Å²) in [6.45, 7) is 10.6. The highest BCUT2D eigenvalue weighted by Gasteiger charge is 2.45. The summed E-state index contributed by atoms with van der Waals surface area (Å²) < 4.78 is 11.1. The van der Waals surface area contributed by atoms with E-state index in [2.05, 4.69) is 27.7 Å². The molecule has 0 bridgehead atoms. The van der Waals surface area contributed by atoms with E-state index < -0.39 is 0 Å². The molecule has 0 aromatic heterocycles. The van der Waals surface area contributed by atoms with Crippen molar-refractivity contribution < 1.29 is 9.47 Å². The number of hydrogen-bond acceptors (Lipinski definition) is 3. The lowest BCUT2D eigenvalue weighted by Gasteiger charge is -2.43. The first-order valence-corrected chi connectivity index (χ1v) is 4.85. The minimum Gasteiger partial charge on any atom is -0.350 e. The summed E-state index contributed by atoms with van der Waals surface area (Å²) >= 11 is 0. The smallest absolute Gasteiger partial charge is 0.163 e. The average molecular weight is 187 g/mol. The second kappa shape index (κ2) is 3.56. The molecule has 1 saturated heterocycles.